The van der Waals surface area contributed by atoms with Crippen molar-refractivity contribution in [3.63, 3.8) is 0 Å². The molecule has 3 rings (SSSR count). The second kappa shape index (κ2) is 13.4. The number of nitrogens with zero attached hydrogens (tertiary/aromatic N) is 5. The van der Waals surface area contributed by atoms with Crippen LogP contribution in [0.25, 0.3) is 10.9 Å². The molecular formula is C25H28N6O7S. The van der Waals surface area contributed by atoms with E-state index in [2.05, 4.69) is 19.9 Å². The molecule has 206 valence electrons. The highest BCUT2D eigenvalue weighted by Crippen LogP contribution is 2.41. The van der Waals surface area contributed by atoms with Crippen molar-refractivity contribution in [3.05, 3.63) is 40.4 Å². The summed E-state index contributed by atoms with van der Waals surface area (Å²) in [5, 5.41) is 23.4. The molecule has 0 saturated carbocycles. The van der Waals surface area contributed by atoms with Crippen molar-refractivity contribution in [2.45, 2.75) is 33.1 Å². The third-order valence-corrected chi connectivity index (χ3v) is 6.44. The van der Waals surface area contributed by atoms with Gasteiger partial charge in [-0.25, -0.2) is 0 Å². The van der Waals surface area contributed by atoms with Gasteiger partial charge >= 0.3 is 5.97 Å². The number of nitro groups is 1. The Morgan fingerprint density at radius 2 is 1.87 bits per heavy atom. The number of benzene rings is 2. The number of azo groups is 1. The second-order valence-electron chi connectivity index (χ2n) is 8.35. The molecule has 0 fully saturated rings. The molecule has 0 bridgehead atoms. The fourth-order valence-corrected chi connectivity index (χ4v) is 4.25. The number of nitro benzene ring substituents is 1. The summed E-state index contributed by atoms with van der Waals surface area (Å²) >= 11 is 1.03. The van der Waals surface area contributed by atoms with Crippen molar-refractivity contribution in [2.24, 2.45) is 10.2 Å². The normalized spacial score (nSPS) is 11.0. The Balaban J connectivity index is 2.07. The molecule has 0 unspecified atom stereocenters. The summed E-state index contributed by atoms with van der Waals surface area (Å²) in [5.41, 5.74) is 1.57. The third-order valence-electron chi connectivity index (χ3n) is 5.68. The van der Waals surface area contributed by atoms with Gasteiger partial charge in [0.15, 0.2) is 5.00 Å². The summed E-state index contributed by atoms with van der Waals surface area (Å²) in [4.78, 5) is 48.4. The SMILES string of the molecule is CCC(=O)Nc1cc(N(CCC(C)=O)CCC(=O)OC)c(OC)cc1N=Nc1snc2ccc([N+](=O)[O-])cc12. The highest BCUT2D eigenvalue weighted by atomic mass is 32.1. The molecule has 0 radical (unpaired) electrons. The number of amides is 1. The number of nitrogens with one attached hydrogen (secondary N) is 1. The lowest BCUT2D eigenvalue weighted by molar-refractivity contribution is -0.384. The monoisotopic (exact) mass is 556 g/mol. The number of hydrogen-bond donors (Lipinski definition) is 1. The standard InChI is InChI=1S/C25H28N6O7S/c1-5-23(33)26-19-13-21(30(10-8-15(2)32)11-9-24(34)38-4)22(37-3)14-20(19)27-28-25-17-12-16(31(35)36)6-7-18(17)29-39-25/h6-7,12-14H,5,8-11H2,1-4H3,(H,26,33). The lowest BCUT2D eigenvalue weighted by atomic mass is 10.1. The molecule has 1 heterocycles. The predicted octanol–water partition coefficient (Wildman–Crippen LogP) is 5.33. The van der Waals surface area contributed by atoms with Gasteiger partial charge in [-0.1, -0.05) is 6.92 Å². The van der Waals surface area contributed by atoms with Crippen molar-refractivity contribution in [1.29, 1.82) is 0 Å². The minimum Gasteiger partial charge on any atom is -0.494 e. The molecule has 0 aliphatic heterocycles. The first-order valence-corrected chi connectivity index (χ1v) is 12.7. The van der Waals surface area contributed by atoms with E-state index in [1.807, 2.05) is 0 Å². The van der Waals surface area contributed by atoms with Crippen molar-refractivity contribution in [1.82, 2.24) is 4.37 Å². The first-order chi connectivity index (χ1) is 18.7. The van der Waals surface area contributed by atoms with E-state index in [9.17, 15) is 24.5 Å². The van der Waals surface area contributed by atoms with Crippen LogP contribution in [-0.2, 0) is 19.1 Å². The first kappa shape index (κ1) is 29.1. The van der Waals surface area contributed by atoms with Crippen LogP contribution in [0.4, 0.5) is 27.8 Å². The van der Waals surface area contributed by atoms with Gasteiger partial charge in [-0.15, -0.1) is 10.2 Å². The molecule has 0 aliphatic carbocycles. The summed E-state index contributed by atoms with van der Waals surface area (Å²) in [7, 11) is 2.76. The number of carbonyl (C=O) groups is 3. The van der Waals surface area contributed by atoms with E-state index in [1.165, 1.54) is 39.3 Å². The van der Waals surface area contributed by atoms with Gasteiger partial charge in [-0.05, 0) is 30.6 Å². The molecule has 2 aromatic carbocycles. The zero-order chi connectivity index (χ0) is 28.5. The Bertz CT molecular complexity index is 1420. The minimum absolute atomic E-state index is 0.0287. The fourth-order valence-electron chi connectivity index (χ4n) is 3.56. The van der Waals surface area contributed by atoms with Gasteiger partial charge in [0.05, 0.1) is 42.5 Å². The number of non-ortho nitro benzene ring substituents is 1. The summed E-state index contributed by atoms with van der Waals surface area (Å²) in [6.07, 6.45) is 0.505. The van der Waals surface area contributed by atoms with Gasteiger partial charge in [0.2, 0.25) is 5.91 Å². The van der Waals surface area contributed by atoms with Gasteiger partial charge in [-0.2, -0.15) is 4.37 Å². The van der Waals surface area contributed by atoms with Crippen LogP contribution in [0, 0.1) is 10.1 Å². The number of methoxy groups -OCH3 is 2. The van der Waals surface area contributed by atoms with Gasteiger partial charge < -0.3 is 19.7 Å². The third kappa shape index (κ3) is 7.54. The average Bonchev–Trinajstić information content (AvgIpc) is 3.33. The fraction of sp³-hybridized carbons (Fsp3) is 0.360. The van der Waals surface area contributed by atoms with E-state index in [-0.39, 0.29) is 48.9 Å². The van der Waals surface area contributed by atoms with Crippen LogP contribution in [0.3, 0.4) is 0 Å². The zero-order valence-electron chi connectivity index (χ0n) is 21.9. The molecule has 1 N–H and O–H groups in total. The lowest BCUT2D eigenvalue weighted by Crippen LogP contribution is -2.29. The van der Waals surface area contributed by atoms with Gasteiger partial charge in [0.1, 0.15) is 17.2 Å². The maximum absolute atomic E-state index is 12.3. The summed E-state index contributed by atoms with van der Waals surface area (Å²) in [6.45, 7) is 3.72. The highest BCUT2D eigenvalue weighted by molar-refractivity contribution is 7.11. The molecular weight excluding hydrogens is 528 g/mol. The van der Waals surface area contributed by atoms with Crippen molar-refractivity contribution >= 4 is 67.8 Å². The van der Waals surface area contributed by atoms with Crippen LogP contribution in [0.2, 0.25) is 0 Å². The molecule has 14 heteroatoms. The number of fused-ring (bicyclic) bond motifs is 1. The molecule has 1 amide bonds. The van der Waals surface area contributed by atoms with Crippen LogP contribution >= 0.6 is 11.5 Å². The molecule has 0 saturated heterocycles. The van der Waals surface area contributed by atoms with Crippen LogP contribution in [0.15, 0.2) is 40.6 Å². The summed E-state index contributed by atoms with van der Waals surface area (Å²) in [5.74, 6) is -0.342. The molecule has 0 aliphatic rings. The van der Waals surface area contributed by atoms with E-state index in [4.69, 9.17) is 9.47 Å². The number of esters is 1. The quantitative estimate of drug-likeness (QED) is 0.127. The smallest absolute Gasteiger partial charge is 0.307 e. The Morgan fingerprint density at radius 1 is 1.13 bits per heavy atom. The molecule has 3 aromatic rings. The number of ether oxygens (including phenoxy) is 2. The van der Waals surface area contributed by atoms with Gasteiger partial charge in [-0.3, -0.25) is 24.5 Å². The topological polar surface area (TPSA) is 166 Å². The predicted molar refractivity (Wildman–Crippen MR) is 147 cm³/mol. The van der Waals surface area contributed by atoms with Crippen molar-refractivity contribution in [3.8, 4) is 5.75 Å². The van der Waals surface area contributed by atoms with Crippen LogP contribution in [0.1, 0.15) is 33.1 Å². The summed E-state index contributed by atoms with van der Waals surface area (Å²) < 4.78 is 14.6. The van der Waals surface area contributed by atoms with Gasteiger partial charge in [0.25, 0.3) is 5.69 Å². The molecule has 0 spiro atoms. The molecule has 1 aromatic heterocycles. The van der Waals surface area contributed by atoms with Crippen LogP contribution in [0.5, 0.6) is 5.75 Å². The largest absolute Gasteiger partial charge is 0.494 e. The maximum Gasteiger partial charge on any atom is 0.307 e. The van der Waals surface area contributed by atoms with E-state index in [0.717, 1.165) is 11.5 Å². The Morgan fingerprint density at radius 3 is 2.51 bits per heavy atom. The number of anilines is 2. The first-order valence-electron chi connectivity index (χ1n) is 11.9. The molecule has 13 nitrogen and oxygen atoms in total. The number of rotatable bonds is 13. The maximum atomic E-state index is 12.3. The Hall–Kier alpha value is -4.46. The van der Waals surface area contributed by atoms with E-state index in [0.29, 0.717) is 39.6 Å². The Labute approximate surface area is 228 Å². The number of Topliss-reactive ketones (excluding diaryl/α,β-unsaturated/α-hetero) is 1. The van der Waals surface area contributed by atoms with E-state index < -0.39 is 10.9 Å². The van der Waals surface area contributed by atoms with Crippen molar-refractivity contribution in [2.75, 3.05) is 37.5 Å². The van der Waals surface area contributed by atoms with E-state index in [1.54, 1.807) is 24.0 Å². The highest BCUT2D eigenvalue weighted by Gasteiger charge is 2.20. The molecule has 39 heavy (non-hydrogen) atoms. The number of ketones is 1. The summed E-state index contributed by atoms with van der Waals surface area (Å²) in [6, 6.07) is 7.51. The average molecular weight is 557 g/mol. The zero-order valence-corrected chi connectivity index (χ0v) is 22.7. The molecule has 0 atom stereocenters. The van der Waals surface area contributed by atoms with Crippen LogP contribution < -0.4 is 15.0 Å². The van der Waals surface area contributed by atoms with Crippen molar-refractivity contribution < 1.29 is 28.8 Å². The Kier molecular flexibility index (Phi) is 9.98. The van der Waals surface area contributed by atoms with Gasteiger partial charge in [0, 0.05) is 49.5 Å². The number of hydrogen-bond acceptors (Lipinski definition) is 12. The second-order valence-corrected chi connectivity index (χ2v) is 9.11. The van der Waals surface area contributed by atoms with Crippen LogP contribution in [-0.4, -0.2) is 54.3 Å². The lowest BCUT2D eigenvalue weighted by Gasteiger charge is -2.27. The number of aromatic nitrogens is 1. The minimum atomic E-state index is -0.502. The number of carbonyl (C=O) groups excluding carboxylic acids is 3. The van der Waals surface area contributed by atoms with E-state index >= 15 is 0 Å².